The fourth-order valence-corrected chi connectivity index (χ4v) is 3.18. The monoisotopic (exact) mass is 303 g/mol. The van der Waals surface area contributed by atoms with Crippen LogP contribution in [0.1, 0.15) is 71.6 Å². The van der Waals surface area contributed by atoms with Gasteiger partial charge in [-0.15, -0.1) is 0 Å². The molecule has 0 radical (unpaired) electrons. The van der Waals surface area contributed by atoms with Gasteiger partial charge in [-0.05, 0) is 62.8 Å². The maximum absolute atomic E-state index is 6.13. The van der Waals surface area contributed by atoms with Gasteiger partial charge in [-0.25, -0.2) is 0 Å². The van der Waals surface area contributed by atoms with E-state index < -0.39 is 0 Å². The lowest BCUT2D eigenvalue weighted by Gasteiger charge is -2.26. The SMILES string of the molecule is CCCCN(CCCC)c1ccc(OC2CCCCC2)cc1. The zero-order chi connectivity index (χ0) is 15.6. The molecule has 1 aliphatic carbocycles. The first kappa shape index (κ1) is 17.2. The van der Waals surface area contributed by atoms with Crippen LogP contribution in [0.25, 0.3) is 0 Å². The molecule has 0 aliphatic heterocycles. The minimum atomic E-state index is 0.441. The Morgan fingerprint density at radius 3 is 2.05 bits per heavy atom. The number of ether oxygens (including phenoxy) is 1. The summed E-state index contributed by atoms with van der Waals surface area (Å²) in [6.45, 7) is 6.86. The zero-order valence-electron chi connectivity index (χ0n) is 14.5. The van der Waals surface area contributed by atoms with Crippen molar-refractivity contribution in [2.45, 2.75) is 77.7 Å². The van der Waals surface area contributed by atoms with Gasteiger partial charge in [0.1, 0.15) is 5.75 Å². The third-order valence-corrected chi connectivity index (χ3v) is 4.62. The van der Waals surface area contributed by atoms with Crippen LogP contribution >= 0.6 is 0 Å². The lowest BCUT2D eigenvalue weighted by Crippen LogP contribution is -2.25. The second-order valence-corrected chi connectivity index (χ2v) is 6.57. The maximum Gasteiger partial charge on any atom is 0.119 e. The van der Waals surface area contributed by atoms with Gasteiger partial charge in [0.25, 0.3) is 0 Å². The van der Waals surface area contributed by atoms with Crippen LogP contribution in [0.5, 0.6) is 5.75 Å². The Hall–Kier alpha value is -1.18. The van der Waals surface area contributed by atoms with E-state index in [0.29, 0.717) is 6.10 Å². The van der Waals surface area contributed by atoms with Gasteiger partial charge in [0.15, 0.2) is 0 Å². The second kappa shape index (κ2) is 9.76. The number of benzene rings is 1. The van der Waals surface area contributed by atoms with Crippen molar-refractivity contribution in [2.75, 3.05) is 18.0 Å². The standard InChI is InChI=1S/C20H33NO/c1-3-5-16-21(17-6-4-2)18-12-14-20(15-13-18)22-19-10-8-7-9-11-19/h12-15,19H,3-11,16-17H2,1-2H3. The molecule has 0 N–H and O–H groups in total. The Morgan fingerprint density at radius 2 is 1.50 bits per heavy atom. The van der Waals surface area contributed by atoms with E-state index in [4.69, 9.17) is 4.74 Å². The summed E-state index contributed by atoms with van der Waals surface area (Å²) in [4.78, 5) is 2.53. The smallest absolute Gasteiger partial charge is 0.119 e. The summed E-state index contributed by atoms with van der Waals surface area (Å²) in [5.74, 6) is 1.04. The molecule has 124 valence electrons. The van der Waals surface area contributed by atoms with Gasteiger partial charge in [0.05, 0.1) is 6.10 Å². The van der Waals surface area contributed by atoms with E-state index in [0.717, 1.165) is 5.75 Å². The maximum atomic E-state index is 6.13. The van der Waals surface area contributed by atoms with Crippen LogP contribution in [0.4, 0.5) is 5.69 Å². The van der Waals surface area contributed by atoms with Crippen LogP contribution in [-0.4, -0.2) is 19.2 Å². The van der Waals surface area contributed by atoms with Crippen LogP contribution in [0.2, 0.25) is 0 Å². The van der Waals surface area contributed by atoms with Crippen molar-refractivity contribution in [3.8, 4) is 5.75 Å². The lowest BCUT2D eigenvalue weighted by atomic mass is 9.98. The highest BCUT2D eigenvalue weighted by Crippen LogP contribution is 2.25. The summed E-state index contributed by atoms with van der Waals surface area (Å²) in [5.41, 5.74) is 1.35. The van der Waals surface area contributed by atoms with Crippen molar-refractivity contribution >= 4 is 5.69 Å². The third kappa shape index (κ3) is 5.55. The lowest BCUT2D eigenvalue weighted by molar-refractivity contribution is 0.155. The Bertz CT molecular complexity index is 387. The van der Waals surface area contributed by atoms with E-state index in [1.165, 1.54) is 76.6 Å². The summed E-state index contributed by atoms with van der Waals surface area (Å²) < 4.78 is 6.13. The normalized spacial score (nSPS) is 15.7. The predicted molar refractivity (Wildman–Crippen MR) is 96.0 cm³/mol. The Labute approximate surface area is 136 Å². The van der Waals surface area contributed by atoms with Crippen molar-refractivity contribution in [1.82, 2.24) is 0 Å². The molecule has 2 nitrogen and oxygen atoms in total. The van der Waals surface area contributed by atoms with Crippen LogP contribution in [0.15, 0.2) is 24.3 Å². The van der Waals surface area contributed by atoms with Crippen molar-refractivity contribution in [2.24, 2.45) is 0 Å². The molecule has 0 atom stereocenters. The van der Waals surface area contributed by atoms with Gasteiger partial charge in [-0.2, -0.15) is 0 Å². The highest BCUT2D eigenvalue weighted by molar-refractivity contribution is 5.49. The van der Waals surface area contributed by atoms with Gasteiger partial charge >= 0.3 is 0 Å². The van der Waals surface area contributed by atoms with Crippen molar-refractivity contribution in [1.29, 1.82) is 0 Å². The Kier molecular flexibility index (Phi) is 7.62. The molecule has 0 bridgehead atoms. The molecule has 1 fully saturated rings. The average molecular weight is 303 g/mol. The van der Waals surface area contributed by atoms with Gasteiger partial charge in [0, 0.05) is 18.8 Å². The summed E-state index contributed by atoms with van der Waals surface area (Å²) in [6, 6.07) is 8.80. The first-order valence-corrected chi connectivity index (χ1v) is 9.35. The van der Waals surface area contributed by atoms with E-state index in [2.05, 4.69) is 43.0 Å². The summed E-state index contributed by atoms with van der Waals surface area (Å²) in [7, 11) is 0. The first-order valence-electron chi connectivity index (χ1n) is 9.35. The molecule has 1 aromatic carbocycles. The molecule has 0 heterocycles. The molecular formula is C20H33NO. The first-order chi connectivity index (χ1) is 10.8. The number of hydrogen-bond donors (Lipinski definition) is 0. The molecule has 1 aromatic rings. The molecule has 0 aromatic heterocycles. The number of unbranched alkanes of at least 4 members (excludes halogenated alkanes) is 2. The van der Waals surface area contributed by atoms with Crippen LogP contribution in [-0.2, 0) is 0 Å². The van der Waals surface area contributed by atoms with E-state index in [-0.39, 0.29) is 0 Å². The Balaban J connectivity index is 1.92. The predicted octanol–water partition coefficient (Wildman–Crippen LogP) is 5.80. The van der Waals surface area contributed by atoms with Gasteiger partial charge in [-0.1, -0.05) is 33.1 Å². The highest BCUT2D eigenvalue weighted by Gasteiger charge is 2.15. The minimum absolute atomic E-state index is 0.441. The molecular weight excluding hydrogens is 270 g/mol. The van der Waals surface area contributed by atoms with E-state index in [1.54, 1.807) is 0 Å². The minimum Gasteiger partial charge on any atom is -0.490 e. The molecule has 0 amide bonds. The molecule has 2 rings (SSSR count). The van der Waals surface area contributed by atoms with Crippen LogP contribution in [0, 0.1) is 0 Å². The fraction of sp³-hybridized carbons (Fsp3) is 0.700. The molecule has 0 spiro atoms. The number of hydrogen-bond acceptors (Lipinski definition) is 2. The molecule has 0 unspecified atom stereocenters. The summed E-state index contributed by atoms with van der Waals surface area (Å²) in [6.07, 6.45) is 12.0. The largest absolute Gasteiger partial charge is 0.490 e. The third-order valence-electron chi connectivity index (χ3n) is 4.62. The van der Waals surface area contributed by atoms with Crippen LogP contribution < -0.4 is 9.64 Å². The molecule has 2 heteroatoms. The van der Waals surface area contributed by atoms with E-state index in [9.17, 15) is 0 Å². The van der Waals surface area contributed by atoms with Crippen molar-refractivity contribution in [3.05, 3.63) is 24.3 Å². The molecule has 0 saturated heterocycles. The molecule has 1 aliphatic rings. The van der Waals surface area contributed by atoms with Crippen molar-refractivity contribution < 1.29 is 4.74 Å². The van der Waals surface area contributed by atoms with Gasteiger partial charge in [0.2, 0.25) is 0 Å². The molecule has 22 heavy (non-hydrogen) atoms. The van der Waals surface area contributed by atoms with E-state index >= 15 is 0 Å². The molecule has 1 saturated carbocycles. The zero-order valence-corrected chi connectivity index (χ0v) is 14.5. The average Bonchev–Trinajstić information content (AvgIpc) is 2.57. The Morgan fingerprint density at radius 1 is 0.909 bits per heavy atom. The summed E-state index contributed by atoms with van der Waals surface area (Å²) >= 11 is 0. The van der Waals surface area contributed by atoms with E-state index in [1.807, 2.05) is 0 Å². The summed E-state index contributed by atoms with van der Waals surface area (Å²) in [5, 5.41) is 0. The number of rotatable bonds is 9. The second-order valence-electron chi connectivity index (χ2n) is 6.57. The topological polar surface area (TPSA) is 12.5 Å². The quantitative estimate of drug-likeness (QED) is 0.571. The number of anilines is 1. The number of nitrogens with zero attached hydrogens (tertiary/aromatic N) is 1. The van der Waals surface area contributed by atoms with Gasteiger partial charge in [-0.3, -0.25) is 0 Å². The van der Waals surface area contributed by atoms with Gasteiger partial charge < -0.3 is 9.64 Å². The van der Waals surface area contributed by atoms with Crippen LogP contribution in [0.3, 0.4) is 0 Å². The van der Waals surface area contributed by atoms with Crippen molar-refractivity contribution in [3.63, 3.8) is 0 Å². The highest BCUT2D eigenvalue weighted by atomic mass is 16.5. The fourth-order valence-electron chi connectivity index (χ4n) is 3.18.